The molecule has 3 aromatic rings. The molecule has 0 aliphatic carbocycles. The number of fused-ring (bicyclic) bond motifs is 1. The molecule has 3 heterocycles. The minimum Gasteiger partial charge on any atom is -0.387 e. The van der Waals surface area contributed by atoms with E-state index in [1.54, 1.807) is 11.4 Å². The van der Waals surface area contributed by atoms with E-state index >= 15 is 0 Å². The third-order valence-corrected chi connectivity index (χ3v) is 6.68. The molecule has 1 aliphatic rings. The number of hydrogen-bond acceptors (Lipinski definition) is 10. The van der Waals surface area contributed by atoms with E-state index in [-0.39, 0.29) is 0 Å². The molecule has 4 rings (SSSR count). The number of ether oxygens (including phenoxy) is 1. The number of nitrogens with two attached hydrogens (primary N) is 1. The summed E-state index contributed by atoms with van der Waals surface area (Å²) in [5.41, 5.74) is 2.00. The number of benzene rings is 1. The maximum atomic E-state index is 11.0. The molecule has 0 radical (unpaired) electrons. The summed E-state index contributed by atoms with van der Waals surface area (Å²) >= 11 is 7.55. The quantitative estimate of drug-likeness (QED) is 0.386. The largest absolute Gasteiger partial charge is 0.387 e. The number of thiophene rings is 1. The van der Waals surface area contributed by atoms with Crippen LogP contribution in [-0.4, -0.2) is 53.5 Å². The number of hydrogen-bond donors (Lipinski definition) is 4. The van der Waals surface area contributed by atoms with Crippen molar-refractivity contribution in [1.82, 2.24) is 9.97 Å². The van der Waals surface area contributed by atoms with Gasteiger partial charge in [0.15, 0.2) is 0 Å². The average Bonchev–Trinajstić information content (AvgIpc) is 3.27. The lowest BCUT2D eigenvalue weighted by molar-refractivity contribution is -0.0151. The second kappa shape index (κ2) is 8.92. The van der Waals surface area contributed by atoms with Crippen LogP contribution >= 0.6 is 22.9 Å². The third-order valence-electron chi connectivity index (χ3n) is 4.85. The molecule has 0 amide bonds. The molecule has 1 fully saturated rings. The predicted octanol–water partition coefficient (Wildman–Crippen LogP) is 1.34. The van der Waals surface area contributed by atoms with Gasteiger partial charge in [0.2, 0.25) is 0 Å². The molecule has 166 valence electrons. The van der Waals surface area contributed by atoms with Crippen LogP contribution in [0.15, 0.2) is 36.0 Å². The fourth-order valence-electron chi connectivity index (χ4n) is 3.32. The highest BCUT2D eigenvalue weighted by Crippen LogP contribution is 2.40. The average molecular weight is 487 g/mol. The van der Waals surface area contributed by atoms with Crippen molar-refractivity contribution in [1.29, 1.82) is 0 Å². The summed E-state index contributed by atoms with van der Waals surface area (Å²) in [6.45, 7) is -0.0669. The highest BCUT2D eigenvalue weighted by molar-refractivity contribution is 7.84. The van der Waals surface area contributed by atoms with Crippen molar-refractivity contribution in [3.63, 3.8) is 0 Å². The maximum absolute atomic E-state index is 11.0. The lowest BCUT2D eigenvalue weighted by atomic mass is 10.0. The summed E-state index contributed by atoms with van der Waals surface area (Å²) in [5.74, 6) is 0.586. The van der Waals surface area contributed by atoms with E-state index in [9.17, 15) is 18.6 Å². The van der Waals surface area contributed by atoms with E-state index in [0.717, 1.165) is 10.3 Å². The Morgan fingerprint density at radius 2 is 2.03 bits per heavy atom. The minimum atomic E-state index is -4.21. The van der Waals surface area contributed by atoms with Gasteiger partial charge in [0, 0.05) is 17.1 Å². The Morgan fingerprint density at radius 1 is 1.26 bits per heavy atom. The van der Waals surface area contributed by atoms with E-state index in [0.29, 0.717) is 28.5 Å². The molecule has 2 aromatic heterocycles. The summed E-state index contributed by atoms with van der Waals surface area (Å²) in [6, 6.07) is 7.45. The van der Waals surface area contributed by atoms with E-state index < -0.39 is 41.3 Å². The molecule has 4 unspecified atom stereocenters. The molecule has 1 saturated heterocycles. The van der Waals surface area contributed by atoms with Crippen LogP contribution in [0.5, 0.6) is 0 Å². The van der Waals surface area contributed by atoms with Gasteiger partial charge in [-0.05, 0) is 17.0 Å². The molecule has 1 aromatic carbocycles. The van der Waals surface area contributed by atoms with Crippen LogP contribution in [-0.2, 0) is 25.8 Å². The first-order chi connectivity index (χ1) is 14.7. The van der Waals surface area contributed by atoms with Gasteiger partial charge in [0.25, 0.3) is 0 Å². The van der Waals surface area contributed by atoms with Crippen LogP contribution in [0.2, 0.25) is 5.02 Å². The normalized spacial score (nSPS) is 24.0. The van der Waals surface area contributed by atoms with Gasteiger partial charge in [-0.3, -0.25) is 4.18 Å². The summed E-state index contributed by atoms with van der Waals surface area (Å²) in [6.07, 6.45) is -3.29. The zero-order valence-corrected chi connectivity index (χ0v) is 18.3. The molecule has 0 saturated carbocycles. The molecule has 5 N–H and O–H groups in total. The number of nitrogens with zero attached hydrogens (tertiary/aromatic N) is 2. The summed E-state index contributed by atoms with van der Waals surface area (Å²) < 4.78 is 32.9. The number of aliphatic hydroxyl groups excluding tert-OH is 2. The zero-order valence-electron chi connectivity index (χ0n) is 15.9. The smallest absolute Gasteiger partial charge is 0.333 e. The van der Waals surface area contributed by atoms with Crippen molar-refractivity contribution in [2.75, 3.05) is 11.9 Å². The Balaban J connectivity index is 1.55. The summed E-state index contributed by atoms with van der Waals surface area (Å²) in [4.78, 5) is 8.59. The SMILES string of the molecule is NS(=O)(=O)OCC1OC(c2csc3c(NCc4ccccc4Cl)ncnc23)C(O)C1O. The molecule has 4 atom stereocenters. The first kappa shape index (κ1) is 22.3. The van der Waals surface area contributed by atoms with Gasteiger partial charge in [-0.2, -0.15) is 8.42 Å². The Hall–Kier alpha value is -1.90. The molecule has 0 bridgehead atoms. The van der Waals surface area contributed by atoms with Crippen molar-refractivity contribution in [3.05, 3.63) is 52.1 Å². The molecule has 13 heteroatoms. The maximum Gasteiger partial charge on any atom is 0.333 e. The van der Waals surface area contributed by atoms with Crippen molar-refractivity contribution in [2.24, 2.45) is 5.14 Å². The molecular formula is C18H19ClN4O6S2. The van der Waals surface area contributed by atoms with Crippen molar-refractivity contribution in [2.45, 2.75) is 31.0 Å². The highest BCUT2D eigenvalue weighted by atomic mass is 35.5. The van der Waals surface area contributed by atoms with E-state index in [1.807, 2.05) is 18.2 Å². The Bertz CT molecular complexity index is 1190. The second-order valence-corrected chi connectivity index (χ2v) is 9.40. The first-order valence-corrected chi connectivity index (χ1v) is 11.9. The van der Waals surface area contributed by atoms with Crippen molar-refractivity contribution in [3.8, 4) is 0 Å². The fraction of sp³-hybridized carbons (Fsp3) is 0.333. The lowest BCUT2D eigenvalue weighted by Gasteiger charge is -2.14. The van der Waals surface area contributed by atoms with Crippen molar-refractivity contribution < 1.29 is 27.6 Å². The molecule has 0 spiro atoms. The van der Waals surface area contributed by atoms with Crippen LogP contribution in [0.4, 0.5) is 5.82 Å². The lowest BCUT2D eigenvalue weighted by Crippen LogP contribution is -2.34. The van der Waals surface area contributed by atoms with Gasteiger partial charge in [0.1, 0.15) is 36.6 Å². The van der Waals surface area contributed by atoms with Gasteiger partial charge in [0.05, 0.1) is 16.8 Å². The van der Waals surface area contributed by atoms with Gasteiger partial charge in [-0.15, -0.1) is 11.3 Å². The summed E-state index contributed by atoms with van der Waals surface area (Å²) in [7, 11) is -4.21. The summed E-state index contributed by atoms with van der Waals surface area (Å²) in [5, 5.41) is 31.1. The standard InChI is InChI=1S/C18H19ClN4O6S2/c19-11-4-2-1-3-9(11)5-21-18-17-13(22-8-23-18)10(7-30-17)16-15(25)14(24)12(29-16)6-28-31(20,26)27/h1-4,7-8,12,14-16,24-25H,5-6H2,(H2,20,26,27)(H,21,22,23). The molecule has 31 heavy (non-hydrogen) atoms. The Labute approximate surface area is 186 Å². The van der Waals surface area contributed by atoms with Crippen molar-refractivity contribution >= 4 is 49.3 Å². The van der Waals surface area contributed by atoms with Gasteiger partial charge < -0.3 is 20.3 Å². The van der Waals surface area contributed by atoms with Crippen LogP contribution in [0.1, 0.15) is 17.2 Å². The molecule has 1 aliphatic heterocycles. The number of rotatable bonds is 7. The van der Waals surface area contributed by atoms with E-state index in [1.165, 1.54) is 17.7 Å². The van der Waals surface area contributed by atoms with Crippen LogP contribution in [0.25, 0.3) is 10.2 Å². The number of anilines is 1. The zero-order chi connectivity index (χ0) is 22.2. The predicted molar refractivity (Wildman–Crippen MR) is 115 cm³/mol. The number of halogens is 1. The van der Waals surface area contributed by atoms with E-state index in [4.69, 9.17) is 21.5 Å². The third kappa shape index (κ3) is 4.81. The number of aromatic nitrogens is 2. The Kier molecular flexibility index (Phi) is 6.42. The van der Waals surface area contributed by atoms with Gasteiger partial charge >= 0.3 is 10.3 Å². The van der Waals surface area contributed by atoms with Gasteiger partial charge in [-0.1, -0.05) is 29.8 Å². The van der Waals surface area contributed by atoms with Gasteiger partial charge in [-0.25, -0.2) is 15.1 Å². The second-order valence-electron chi connectivity index (χ2n) is 6.89. The van der Waals surface area contributed by atoms with E-state index in [2.05, 4.69) is 19.5 Å². The van der Waals surface area contributed by atoms with Crippen LogP contribution in [0.3, 0.4) is 0 Å². The molecule has 10 nitrogen and oxygen atoms in total. The fourth-order valence-corrected chi connectivity index (χ4v) is 4.86. The van der Waals surface area contributed by atoms with Crippen LogP contribution in [0, 0.1) is 0 Å². The number of aliphatic hydroxyl groups is 2. The molecular weight excluding hydrogens is 468 g/mol. The topological polar surface area (TPSA) is 157 Å². The minimum absolute atomic E-state index is 0.452. The monoisotopic (exact) mass is 486 g/mol. The number of nitrogens with one attached hydrogen (secondary N) is 1. The van der Waals surface area contributed by atoms with Crippen LogP contribution < -0.4 is 10.5 Å². The highest BCUT2D eigenvalue weighted by Gasteiger charge is 2.45. The Morgan fingerprint density at radius 3 is 2.77 bits per heavy atom. The first-order valence-electron chi connectivity index (χ1n) is 9.12.